The predicted molar refractivity (Wildman–Crippen MR) is 84.3 cm³/mol. The zero-order chi connectivity index (χ0) is 17.6. The van der Waals surface area contributed by atoms with Gasteiger partial charge in [0.05, 0.1) is 24.6 Å². The summed E-state index contributed by atoms with van der Waals surface area (Å²) in [6.45, 7) is -0.0781. The first-order valence-electron chi connectivity index (χ1n) is 7.05. The number of rotatable bonds is 5. The molecule has 0 radical (unpaired) electrons. The molecule has 0 bridgehead atoms. The van der Waals surface area contributed by atoms with E-state index in [9.17, 15) is 18.0 Å². The number of hydrogen-bond donors (Lipinski definition) is 2. The van der Waals surface area contributed by atoms with Crippen LogP contribution in [0.1, 0.15) is 11.1 Å². The summed E-state index contributed by atoms with van der Waals surface area (Å²) in [6.07, 6.45) is -4.09. The van der Waals surface area contributed by atoms with Crippen LogP contribution in [0.15, 0.2) is 48.5 Å². The van der Waals surface area contributed by atoms with E-state index in [1.165, 1.54) is 12.1 Å². The van der Waals surface area contributed by atoms with E-state index in [0.717, 1.165) is 17.7 Å². The van der Waals surface area contributed by atoms with E-state index in [0.29, 0.717) is 17.8 Å². The highest BCUT2D eigenvalue weighted by atomic mass is 19.4. The Morgan fingerprint density at radius 1 is 1.00 bits per heavy atom. The fraction of sp³-hybridized carbons (Fsp3) is 0.176. The second-order valence-corrected chi connectivity index (χ2v) is 5.01. The van der Waals surface area contributed by atoms with Crippen molar-refractivity contribution >= 4 is 17.3 Å². The maximum absolute atomic E-state index is 12.5. The van der Waals surface area contributed by atoms with Gasteiger partial charge in [-0.1, -0.05) is 12.1 Å². The lowest BCUT2D eigenvalue weighted by molar-refractivity contribution is -0.137. The fourth-order valence-corrected chi connectivity index (χ4v) is 1.96. The third kappa shape index (κ3) is 5.02. The molecule has 0 heterocycles. The van der Waals surface area contributed by atoms with Gasteiger partial charge in [-0.05, 0) is 42.0 Å². The lowest BCUT2D eigenvalue weighted by Gasteiger charge is -2.10. The van der Waals surface area contributed by atoms with Crippen LogP contribution in [0.4, 0.5) is 24.5 Å². The summed E-state index contributed by atoms with van der Waals surface area (Å²) in [7, 11) is 0. The van der Waals surface area contributed by atoms with Gasteiger partial charge in [0.1, 0.15) is 0 Å². The van der Waals surface area contributed by atoms with Crippen molar-refractivity contribution in [1.82, 2.24) is 0 Å². The van der Waals surface area contributed by atoms with E-state index in [2.05, 4.69) is 10.6 Å². The molecule has 0 atom stereocenters. The van der Waals surface area contributed by atoms with Gasteiger partial charge in [-0.25, -0.2) is 0 Å². The highest BCUT2D eigenvalue weighted by molar-refractivity contribution is 5.93. The lowest BCUT2D eigenvalue weighted by atomic mass is 10.1. The van der Waals surface area contributed by atoms with Crippen LogP contribution in [0.5, 0.6) is 0 Å². The quantitative estimate of drug-likeness (QED) is 0.874. The number of amides is 1. The monoisotopic (exact) mass is 333 g/mol. The van der Waals surface area contributed by atoms with Gasteiger partial charge in [0.25, 0.3) is 0 Å². The van der Waals surface area contributed by atoms with Crippen molar-refractivity contribution in [1.29, 1.82) is 5.26 Å². The molecule has 0 saturated heterocycles. The van der Waals surface area contributed by atoms with Crippen molar-refractivity contribution in [2.24, 2.45) is 0 Å². The van der Waals surface area contributed by atoms with Gasteiger partial charge in [0.15, 0.2) is 0 Å². The molecule has 2 aromatic carbocycles. The fourth-order valence-electron chi connectivity index (χ4n) is 1.96. The molecule has 0 aliphatic carbocycles. The third-order valence-electron chi connectivity index (χ3n) is 3.19. The summed E-state index contributed by atoms with van der Waals surface area (Å²) in [5, 5.41) is 14.0. The molecule has 0 aromatic heterocycles. The molecule has 24 heavy (non-hydrogen) atoms. The number of carbonyl (C=O) groups excluding carboxylic acids is 1. The number of anilines is 2. The summed E-state index contributed by atoms with van der Waals surface area (Å²) in [4.78, 5) is 11.8. The molecule has 0 aliphatic heterocycles. The van der Waals surface area contributed by atoms with Gasteiger partial charge >= 0.3 is 6.18 Å². The summed E-state index contributed by atoms with van der Waals surface area (Å²) in [5.74, 6) is -0.331. The molecular formula is C17H14F3N3O. The summed E-state index contributed by atoms with van der Waals surface area (Å²) < 4.78 is 37.4. The second-order valence-electron chi connectivity index (χ2n) is 5.01. The zero-order valence-corrected chi connectivity index (χ0v) is 12.5. The van der Waals surface area contributed by atoms with Crippen LogP contribution in [-0.4, -0.2) is 12.5 Å². The van der Waals surface area contributed by atoms with Crippen LogP contribution in [-0.2, 0) is 17.4 Å². The second kappa shape index (κ2) is 7.51. The van der Waals surface area contributed by atoms with Gasteiger partial charge in [0, 0.05) is 11.4 Å². The molecule has 0 fully saturated rings. The minimum atomic E-state index is -4.38. The average Bonchev–Trinajstić information content (AvgIpc) is 2.55. The molecule has 0 unspecified atom stereocenters. The Labute approximate surface area is 136 Å². The van der Waals surface area contributed by atoms with Crippen molar-refractivity contribution < 1.29 is 18.0 Å². The number of nitrogens with zero attached hydrogens (tertiary/aromatic N) is 1. The number of alkyl halides is 3. The molecule has 2 rings (SSSR count). The largest absolute Gasteiger partial charge is 0.416 e. The van der Waals surface area contributed by atoms with E-state index < -0.39 is 11.7 Å². The number of halogens is 3. The molecule has 2 aromatic rings. The molecule has 7 heteroatoms. The molecule has 124 valence electrons. The Balaban J connectivity index is 1.85. The van der Waals surface area contributed by atoms with Gasteiger partial charge in [-0.2, -0.15) is 18.4 Å². The van der Waals surface area contributed by atoms with Crippen molar-refractivity contribution in [2.75, 3.05) is 17.2 Å². The number of hydrogen-bond acceptors (Lipinski definition) is 3. The maximum Gasteiger partial charge on any atom is 0.416 e. The highest BCUT2D eigenvalue weighted by Gasteiger charge is 2.29. The van der Waals surface area contributed by atoms with Crippen molar-refractivity contribution in [3.63, 3.8) is 0 Å². The predicted octanol–water partition coefficient (Wildman–Crippen LogP) is 3.82. The summed E-state index contributed by atoms with van der Waals surface area (Å²) in [6, 6.07) is 13.3. The van der Waals surface area contributed by atoms with Crippen LogP contribution in [0.25, 0.3) is 0 Å². The topological polar surface area (TPSA) is 64.9 Å². The Hall–Kier alpha value is -3.01. The SMILES string of the molecule is N#CCc1ccc(NC(=O)CNc2ccc(C(F)(F)F)cc2)cc1. The average molecular weight is 333 g/mol. The minimum Gasteiger partial charge on any atom is -0.376 e. The number of nitriles is 1. The summed E-state index contributed by atoms with van der Waals surface area (Å²) >= 11 is 0. The Morgan fingerprint density at radius 2 is 1.58 bits per heavy atom. The van der Waals surface area contributed by atoms with Crippen LogP contribution in [0.3, 0.4) is 0 Å². The Kier molecular flexibility index (Phi) is 5.42. The molecular weight excluding hydrogens is 319 g/mol. The first-order chi connectivity index (χ1) is 11.4. The third-order valence-corrected chi connectivity index (χ3v) is 3.19. The first kappa shape index (κ1) is 17.3. The standard InChI is InChI=1S/C17H14F3N3O/c18-17(19,20)13-3-7-14(8-4-13)22-11-16(24)23-15-5-1-12(2-6-15)9-10-21/h1-8,22H,9,11H2,(H,23,24). The first-order valence-corrected chi connectivity index (χ1v) is 7.05. The normalized spacial score (nSPS) is 10.8. The number of carbonyl (C=O) groups is 1. The molecule has 0 spiro atoms. The van der Waals surface area contributed by atoms with Crippen LogP contribution < -0.4 is 10.6 Å². The van der Waals surface area contributed by atoms with Gasteiger partial charge < -0.3 is 10.6 Å². The van der Waals surface area contributed by atoms with E-state index in [1.807, 2.05) is 6.07 Å². The van der Waals surface area contributed by atoms with E-state index in [4.69, 9.17) is 5.26 Å². The van der Waals surface area contributed by atoms with Crippen LogP contribution in [0.2, 0.25) is 0 Å². The molecule has 0 saturated carbocycles. The van der Waals surface area contributed by atoms with Crippen molar-refractivity contribution in [2.45, 2.75) is 12.6 Å². The minimum absolute atomic E-state index is 0.0781. The van der Waals surface area contributed by atoms with Crippen molar-refractivity contribution in [3.05, 3.63) is 59.7 Å². The van der Waals surface area contributed by atoms with Gasteiger partial charge in [-0.15, -0.1) is 0 Å². The van der Waals surface area contributed by atoms with Crippen molar-refractivity contribution in [3.8, 4) is 6.07 Å². The van der Waals surface area contributed by atoms with E-state index in [1.54, 1.807) is 24.3 Å². The maximum atomic E-state index is 12.5. The molecule has 0 aliphatic rings. The Morgan fingerprint density at radius 3 is 2.12 bits per heavy atom. The highest BCUT2D eigenvalue weighted by Crippen LogP contribution is 2.29. The molecule has 4 nitrogen and oxygen atoms in total. The van der Waals surface area contributed by atoms with Crippen LogP contribution in [0, 0.1) is 11.3 Å². The number of benzene rings is 2. The lowest BCUT2D eigenvalue weighted by Crippen LogP contribution is -2.21. The van der Waals surface area contributed by atoms with E-state index in [-0.39, 0.29) is 12.5 Å². The number of nitrogens with one attached hydrogen (secondary N) is 2. The Bertz CT molecular complexity index is 732. The molecule has 2 N–H and O–H groups in total. The van der Waals surface area contributed by atoms with E-state index >= 15 is 0 Å². The zero-order valence-electron chi connectivity index (χ0n) is 12.5. The summed E-state index contributed by atoms with van der Waals surface area (Å²) in [5.41, 5.74) is 1.10. The molecule has 1 amide bonds. The van der Waals surface area contributed by atoms with Gasteiger partial charge in [-0.3, -0.25) is 4.79 Å². The van der Waals surface area contributed by atoms with Crippen LogP contribution >= 0.6 is 0 Å². The van der Waals surface area contributed by atoms with Gasteiger partial charge in [0.2, 0.25) is 5.91 Å². The smallest absolute Gasteiger partial charge is 0.376 e.